The first-order chi connectivity index (χ1) is 15.0. The average Bonchev–Trinajstić information content (AvgIpc) is 3.09. The molecule has 168 valence electrons. The highest BCUT2D eigenvalue weighted by Gasteiger charge is 2.16. The third kappa shape index (κ3) is 7.10. The molecule has 0 spiro atoms. The number of carbonyl (C=O) groups excluding carboxylic acids is 2. The summed E-state index contributed by atoms with van der Waals surface area (Å²) in [5.74, 6) is 1.49. The van der Waals surface area contributed by atoms with Crippen LogP contribution in [0.15, 0.2) is 30.3 Å². The Morgan fingerprint density at radius 1 is 1.10 bits per heavy atom. The summed E-state index contributed by atoms with van der Waals surface area (Å²) < 4.78 is 5.17. The molecule has 0 radical (unpaired) electrons. The number of nitrogens with zero attached hydrogens (tertiary/aromatic N) is 3. The zero-order valence-corrected chi connectivity index (χ0v) is 18.5. The van der Waals surface area contributed by atoms with E-state index in [4.69, 9.17) is 4.74 Å². The highest BCUT2D eigenvalue weighted by molar-refractivity contribution is 5.90. The molecular weight excluding hydrogens is 394 g/mol. The summed E-state index contributed by atoms with van der Waals surface area (Å²) in [6, 6.07) is 9.50. The molecule has 0 aliphatic carbocycles. The molecule has 1 saturated heterocycles. The van der Waals surface area contributed by atoms with Gasteiger partial charge in [0, 0.05) is 39.0 Å². The number of carbonyl (C=O) groups is 2. The van der Waals surface area contributed by atoms with Crippen molar-refractivity contribution in [1.82, 2.24) is 20.0 Å². The first kappa shape index (κ1) is 22.8. The number of nitrogens with one attached hydrogen (secondary N) is 2. The minimum atomic E-state index is -0.0142. The molecule has 0 atom stereocenters. The minimum Gasteiger partial charge on any atom is -0.497 e. The van der Waals surface area contributed by atoms with Gasteiger partial charge >= 0.3 is 0 Å². The van der Waals surface area contributed by atoms with Gasteiger partial charge in [0.25, 0.3) is 0 Å². The monoisotopic (exact) mass is 427 g/mol. The van der Waals surface area contributed by atoms with Gasteiger partial charge in [0.1, 0.15) is 5.75 Å². The molecule has 2 aromatic rings. The maximum absolute atomic E-state index is 12.2. The van der Waals surface area contributed by atoms with Crippen LogP contribution in [0.1, 0.15) is 39.0 Å². The number of H-pyrrole nitrogens is 1. The molecule has 1 aromatic carbocycles. The van der Waals surface area contributed by atoms with Gasteiger partial charge < -0.3 is 19.9 Å². The van der Waals surface area contributed by atoms with Crippen LogP contribution in [0.25, 0.3) is 11.3 Å². The number of aromatic amines is 1. The first-order valence-corrected chi connectivity index (χ1v) is 11.0. The quantitative estimate of drug-likeness (QED) is 0.600. The van der Waals surface area contributed by atoms with Gasteiger partial charge in [-0.3, -0.25) is 14.7 Å². The second kappa shape index (κ2) is 11.5. The van der Waals surface area contributed by atoms with Crippen LogP contribution in [0.3, 0.4) is 0 Å². The van der Waals surface area contributed by atoms with Gasteiger partial charge in [-0.2, -0.15) is 5.10 Å². The molecule has 8 heteroatoms. The molecule has 0 saturated carbocycles. The number of hydrogen-bond acceptors (Lipinski definition) is 5. The van der Waals surface area contributed by atoms with Gasteiger partial charge in [-0.1, -0.05) is 6.42 Å². The number of amides is 2. The fourth-order valence-electron chi connectivity index (χ4n) is 3.82. The van der Waals surface area contributed by atoms with E-state index in [0.717, 1.165) is 75.4 Å². The minimum absolute atomic E-state index is 0.0142. The Bertz CT molecular complexity index is 849. The number of unbranched alkanes of at least 4 members (excludes halogenated alkanes) is 2. The SMILES string of the molecule is COc1ccc(-c2cc(NC(=O)CCCCCN3CCCN(C(C)=O)CC3)n[nH]2)cc1. The van der Waals surface area contributed by atoms with Crippen LogP contribution >= 0.6 is 0 Å². The van der Waals surface area contributed by atoms with E-state index in [-0.39, 0.29) is 11.8 Å². The van der Waals surface area contributed by atoms with E-state index in [1.165, 1.54) is 0 Å². The number of ether oxygens (including phenoxy) is 1. The van der Waals surface area contributed by atoms with Crippen molar-refractivity contribution < 1.29 is 14.3 Å². The molecule has 1 aliphatic rings. The molecule has 2 amide bonds. The van der Waals surface area contributed by atoms with Crippen molar-refractivity contribution in [3.05, 3.63) is 30.3 Å². The molecule has 0 unspecified atom stereocenters. The van der Waals surface area contributed by atoms with Gasteiger partial charge in [-0.05, 0) is 62.2 Å². The Balaban J connectivity index is 1.32. The standard InChI is InChI=1S/C23H33N5O3/c1-18(29)28-14-6-13-27(15-16-28)12-5-3-4-7-23(30)24-22-17-21(25-26-22)19-8-10-20(31-2)11-9-19/h8-11,17H,3-7,12-16H2,1-2H3,(H2,24,25,26,30). The van der Waals surface area contributed by atoms with E-state index in [2.05, 4.69) is 20.4 Å². The van der Waals surface area contributed by atoms with Crippen molar-refractivity contribution in [3.63, 3.8) is 0 Å². The third-order valence-electron chi connectivity index (χ3n) is 5.66. The second-order valence-electron chi connectivity index (χ2n) is 7.96. The number of aromatic nitrogens is 2. The van der Waals surface area contributed by atoms with Crippen LogP contribution in [0.2, 0.25) is 0 Å². The molecule has 1 fully saturated rings. The second-order valence-corrected chi connectivity index (χ2v) is 7.96. The van der Waals surface area contributed by atoms with E-state index in [0.29, 0.717) is 12.2 Å². The van der Waals surface area contributed by atoms with Crippen LogP contribution in [-0.4, -0.2) is 71.6 Å². The zero-order valence-electron chi connectivity index (χ0n) is 18.5. The van der Waals surface area contributed by atoms with Gasteiger partial charge in [-0.25, -0.2) is 0 Å². The Labute approximate surface area is 183 Å². The Kier molecular flexibility index (Phi) is 8.46. The summed E-state index contributed by atoms with van der Waals surface area (Å²) >= 11 is 0. The van der Waals surface area contributed by atoms with E-state index < -0.39 is 0 Å². The summed E-state index contributed by atoms with van der Waals surface area (Å²) in [6.45, 7) is 6.33. The molecule has 3 rings (SSSR count). The first-order valence-electron chi connectivity index (χ1n) is 11.0. The number of methoxy groups -OCH3 is 1. The largest absolute Gasteiger partial charge is 0.497 e. The lowest BCUT2D eigenvalue weighted by Crippen LogP contribution is -2.33. The van der Waals surface area contributed by atoms with E-state index >= 15 is 0 Å². The van der Waals surface area contributed by atoms with Gasteiger partial charge in [0.15, 0.2) is 5.82 Å². The lowest BCUT2D eigenvalue weighted by atomic mass is 10.1. The number of rotatable bonds is 9. The highest BCUT2D eigenvalue weighted by Crippen LogP contribution is 2.22. The van der Waals surface area contributed by atoms with Gasteiger partial charge in [0.2, 0.25) is 11.8 Å². The zero-order chi connectivity index (χ0) is 22.1. The topological polar surface area (TPSA) is 90.6 Å². The number of anilines is 1. The highest BCUT2D eigenvalue weighted by atomic mass is 16.5. The van der Waals surface area contributed by atoms with Gasteiger partial charge in [0.05, 0.1) is 12.8 Å². The lowest BCUT2D eigenvalue weighted by Gasteiger charge is -2.20. The Morgan fingerprint density at radius 2 is 1.90 bits per heavy atom. The van der Waals surface area contributed by atoms with Crippen LogP contribution in [-0.2, 0) is 9.59 Å². The lowest BCUT2D eigenvalue weighted by molar-refractivity contribution is -0.128. The van der Waals surface area contributed by atoms with Gasteiger partial charge in [-0.15, -0.1) is 0 Å². The summed E-state index contributed by atoms with van der Waals surface area (Å²) in [5.41, 5.74) is 1.83. The summed E-state index contributed by atoms with van der Waals surface area (Å²) in [4.78, 5) is 28.1. The fourth-order valence-corrected chi connectivity index (χ4v) is 3.82. The maximum atomic E-state index is 12.2. The van der Waals surface area contributed by atoms with Crippen molar-refractivity contribution in [2.24, 2.45) is 0 Å². The van der Waals surface area contributed by atoms with E-state index in [1.54, 1.807) is 14.0 Å². The Hall–Kier alpha value is -2.87. The maximum Gasteiger partial charge on any atom is 0.225 e. The molecule has 2 N–H and O–H groups in total. The van der Waals surface area contributed by atoms with Crippen LogP contribution < -0.4 is 10.1 Å². The molecule has 31 heavy (non-hydrogen) atoms. The van der Waals surface area contributed by atoms with Crippen molar-refractivity contribution in [1.29, 1.82) is 0 Å². The van der Waals surface area contributed by atoms with Crippen molar-refractivity contribution >= 4 is 17.6 Å². The van der Waals surface area contributed by atoms with Crippen LogP contribution in [0, 0.1) is 0 Å². The van der Waals surface area contributed by atoms with E-state index in [9.17, 15) is 9.59 Å². The normalized spacial score (nSPS) is 14.8. The third-order valence-corrected chi connectivity index (χ3v) is 5.66. The summed E-state index contributed by atoms with van der Waals surface area (Å²) in [5, 5.41) is 10.0. The van der Waals surface area contributed by atoms with Crippen LogP contribution in [0.4, 0.5) is 5.82 Å². The van der Waals surface area contributed by atoms with Crippen LogP contribution in [0.5, 0.6) is 5.75 Å². The number of hydrogen-bond donors (Lipinski definition) is 2. The number of benzene rings is 1. The fraction of sp³-hybridized carbons (Fsp3) is 0.522. The molecule has 1 aromatic heterocycles. The average molecular weight is 428 g/mol. The molecule has 0 bridgehead atoms. The predicted molar refractivity (Wildman–Crippen MR) is 121 cm³/mol. The summed E-state index contributed by atoms with van der Waals surface area (Å²) in [7, 11) is 1.64. The molecule has 2 heterocycles. The van der Waals surface area contributed by atoms with Crippen molar-refractivity contribution in [2.75, 3.05) is 45.2 Å². The molecule has 8 nitrogen and oxygen atoms in total. The molecular formula is C23H33N5O3. The smallest absolute Gasteiger partial charge is 0.225 e. The summed E-state index contributed by atoms with van der Waals surface area (Å²) in [6.07, 6.45) is 4.46. The van der Waals surface area contributed by atoms with Crippen molar-refractivity contribution in [2.45, 2.75) is 39.0 Å². The van der Waals surface area contributed by atoms with E-state index in [1.807, 2.05) is 35.2 Å². The van der Waals surface area contributed by atoms with Crippen molar-refractivity contribution in [3.8, 4) is 17.0 Å². The molecule has 1 aliphatic heterocycles. The predicted octanol–water partition coefficient (Wildman–Crippen LogP) is 3.14. The Morgan fingerprint density at radius 3 is 2.65 bits per heavy atom.